The number of hydrogen-bond donors (Lipinski definition) is 1. The van der Waals surface area contributed by atoms with Gasteiger partial charge in [-0.05, 0) is 24.8 Å². The molecule has 2 nitrogen and oxygen atoms in total. The van der Waals surface area contributed by atoms with Gasteiger partial charge >= 0.3 is 0 Å². The summed E-state index contributed by atoms with van der Waals surface area (Å²) in [5, 5.41) is 3.44. The highest BCUT2D eigenvalue weighted by Gasteiger charge is 2.27. The Morgan fingerprint density at radius 3 is 2.18 bits per heavy atom. The van der Waals surface area contributed by atoms with E-state index in [0.29, 0.717) is 0 Å². The minimum atomic E-state index is 0.151. The van der Waals surface area contributed by atoms with Gasteiger partial charge in [0.15, 0.2) is 0 Å². The number of aromatic nitrogens is 1. The first-order valence-electron chi connectivity index (χ1n) is 6.52. The van der Waals surface area contributed by atoms with E-state index in [-0.39, 0.29) is 10.8 Å². The van der Waals surface area contributed by atoms with Gasteiger partial charge in [0.05, 0.1) is 10.7 Å². The van der Waals surface area contributed by atoms with Crippen molar-refractivity contribution in [2.75, 3.05) is 6.54 Å². The molecule has 0 saturated carbocycles. The first-order valence-corrected chi connectivity index (χ1v) is 7.40. The first-order chi connectivity index (χ1) is 7.87. The summed E-state index contributed by atoms with van der Waals surface area (Å²) >= 11 is 1.78. The Balaban J connectivity index is 2.85. The summed E-state index contributed by atoms with van der Waals surface area (Å²) in [5.41, 5.74) is 7.54. The number of nitrogens with two attached hydrogens (primary N) is 1. The number of thiazole rings is 1. The van der Waals surface area contributed by atoms with Crippen molar-refractivity contribution in [3.8, 4) is 0 Å². The highest BCUT2D eigenvalue weighted by atomic mass is 32.1. The van der Waals surface area contributed by atoms with Crippen LogP contribution >= 0.6 is 11.3 Å². The Morgan fingerprint density at radius 2 is 1.82 bits per heavy atom. The first kappa shape index (κ1) is 14.7. The molecule has 0 atom stereocenters. The van der Waals surface area contributed by atoms with E-state index in [1.165, 1.54) is 10.7 Å². The topological polar surface area (TPSA) is 38.9 Å². The zero-order valence-corrected chi connectivity index (χ0v) is 12.7. The van der Waals surface area contributed by atoms with Gasteiger partial charge in [0.2, 0.25) is 0 Å². The lowest BCUT2D eigenvalue weighted by Crippen LogP contribution is -2.31. The quantitative estimate of drug-likeness (QED) is 0.869. The SMILES string of the molecule is CCC(CC)(CN)Cc1nc(C(C)(C)C)cs1. The number of rotatable bonds is 5. The van der Waals surface area contributed by atoms with Gasteiger partial charge in [-0.1, -0.05) is 34.6 Å². The molecular formula is C14H26N2S. The monoisotopic (exact) mass is 254 g/mol. The Labute approximate surface area is 110 Å². The van der Waals surface area contributed by atoms with E-state index in [4.69, 9.17) is 10.7 Å². The molecule has 1 heterocycles. The van der Waals surface area contributed by atoms with E-state index in [1.54, 1.807) is 11.3 Å². The van der Waals surface area contributed by atoms with E-state index in [0.717, 1.165) is 25.8 Å². The van der Waals surface area contributed by atoms with E-state index < -0.39 is 0 Å². The normalized spacial score (nSPS) is 13.1. The molecule has 0 fully saturated rings. The van der Waals surface area contributed by atoms with Crippen molar-refractivity contribution in [1.29, 1.82) is 0 Å². The Kier molecular flexibility index (Phi) is 4.73. The molecule has 1 aromatic rings. The molecule has 0 spiro atoms. The predicted molar refractivity (Wildman–Crippen MR) is 76.6 cm³/mol. The van der Waals surface area contributed by atoms with Crippen molar-refractivity contribution in [1.82, 2.24) is 4.98 Å². The molecule has 1 rings (SSSR count). The maximum absolute atomic E-state index is 5.95. The largest absolute Gasteiger partial charge is 0.330 e. The van der Waals surface area contributed by atoms with Crippen molar-refractivity contribution < 1.29 is 0 Å². The van der Waals surface area contributed by atoms with E-state index in [9.17, 15) is 0 Å². The van der Waals surface area contributed by atoms with Crippen molar-refractivity contribution in [2.45, 2.75) is 59.3 Å². The van der Waals surface area contributed by atoms with Crippen molar-refractivity contribution in [2.24, 2.45) is 11.1 Å². The van der Waals surface area contributed by atoms with Gasteiger partial charge < -0.3 is 5.73 Å². The average Bonchev–Trinajstić information content (AvgIpc) is 2.74. The van der Waals surface area contributed by atoms with Gasteiger partial charge in [-0.2, -0.15) is 0 Å². The second-order valence-electron chi connectivity index (χ2n) is 5.96. The highest BCUT2D eigenvalue weighted by Crippen LogP contribution is 2.32. The molecule has 2 N–H and O–H groups in total. The molecule has 0 radical (unpaired) electrons. The Bertz CT molecular complexity index is 337. The zero-order valence-electron chi connectivity index (χ0n) is 11.8. The van der Waals surface area contributed by atoms with E-state index >= 15 is 0 Å². The molecule has 17 heavy (non-hydrogen) atoms. The lowest BCUT2D eigenvalue weighted by atomic mass is 9.79. The third-order valence-corrected chi connectivity index (χ3v) is 4.63. The van der Waals surface area contributed by atoms with Gasteiger partial charge in [-0.25, -0.2) is 4.98 Å². The van der Waals surface area contributed by atoms with E-state index in [1.807, 2.05) is 0 Å². The summed E-state index contributed by atoms with van der Waals surface area (Å²) < 4.78 is 0. The van der Waals surface area contributed by atoms with Crippen LogP contribution in [0.2, 0.25) is 0 Å². The molecule has 0 bridgehead atoms. The molecule has 0 saturated heterocycles. The lowest BCUT2D eigenvalue weighted by molar-refractivity contribution is 0.270. The van der Waals surface area contributed by atoms with Crippen molar-refractivity contribution >= 4 is 11.3 Å². The fraction of sp³-hybridized carbons (Fsp3) is 0.786. The van der Waals surface area contributed by atoms with Gasteiger partial charge in [0.25, 0.3) is 0 Å². The molecular weight excluding hydrogens is 228 g/mol. The molecule has 1 aromatic heterocycles. The van der Waals surface area contributed by atoms with Crippen LogP contribution in [0.1, 0.15) is 58.2 Å². The molecule has 0 amide bonds. The minimum Gasteiger partial charge on any atom is -0.330 e. The summed E-state index contributed by atoms with van der Waals surface area (Å²) in [4.78, 5) is 4.77. The second-order valence-corrected chi connectivity index (χ2v) is 6.91. The molecule has 0 aliphatic carbocycles. The summed E-state index contributed by atoms with van der Waals surface area (Å²) in [6, 6.07) is 0. The van der Waals surface area contributed by atoms with Crippen LogP contribution in [0, 0.1) is 5.41 Å². The fourth-order valence-corrected chi connectivity index (χ4v) is 3.11. The molecule has 0 aliphatic rings. The average molecular weight is 254 g/mol. The van der Waals surface area contributed by atoms with Crippen LogP contribution in [0.3, 0.4) is 0 Å². The lowest BCUT2D eigenvalue weighted by Gasteiger charge is -2.29. The molecule has 3 heteroatoms. The standard InChI is InChI=1S/C14H26N2S/c1-6-14(7-2,10-15)8-12-16-11(9-17-12)13(3,4)5/h9H,6-8,10,15H2,1-5H3. The summed E-state index contributed by atoms with van der Waals surface area (Å²) in [6.07, 6.45) is 3.28. The van der Waals surface area contributed by atoms with Gasteiger partial charge in [-0.15, -0.1) is 11.3 Å². The van der Waals surface area contributed by atoms with Gasteiger partial charge in [0.1, 0.15) is 0 Å². The Hall–Kier alpha value is -0.410. The summed E-state index contributed by atoms with van der Waals surface area (Å²) in [7, 11) is 0. The van der Waals surface area contributed by atoms with Gasteiger partial charge in [0, 0.05) is 17.2 Å². The third kappa shape index (κ3) is 3.52. The van der Waals surface area contributed by atoms with Crippen molar-refractivity contribution in [3.63, 3.8) is 0 Å². The predicted octanol–water partition coefficient (Wildman–Crippen LogP) is 3.75. The maximum atomic E-state index is 5.95. The zero-order chi connectivity index (χ0) is 13.1. The highest BCUT2D eigenvalue weighted by molar-refractivity contribution is 7.09. The number of nitrogens with zero attached hydrogens (tertiary/aromatic N) is 1. The van der Waals surface area contributed by atoms with Crippen molar-refractivity contribution in [3.05, 3.63) is 16.1 Å². The smallest absolute Gasteiger partial charge is 0.0934 e. The molecule has 0 unspecified atom stereocenters. The summed E-state index contributed by atoms with van der Waals surface area (Å²) in [5.74, 6) is 0. The van der Waals surface area contributed by atoms with E-state index in [2.05, 4.69) is 40.0 Å². The van der Waals surface area contributed by atoms with Gasteiger partial charge in [-0.3, -0.25) is 0 Å². The van der Waals surface area contributed by atoms with Crippen LogP contribution in [-0.2, 0) is 11.8 Å². The summed E-state index contributed by atoms with van der Waals surface area (Å²) in [6.45, 7) is 11.8. The van der Waals surface area contributed by atoms with Crippen LogP contribution in [-0.4, -0.2) is 11.5 Å². The maximum Gasteiger partial charge on any atom is 0.0934 e. The Morgan fingerprint density at radius 1 is 1.24 bits per heavy atom. The number of hydrogen-bond acceptors (Lipinski definition) is 3. The van der Waals surface area contributed by atoms with Crippen LogP contribution in [0.4, 0.5) is 0 Å². The molecule has 0 aliphatic heterocycles. The second kappa shape index (κ2) is 5.49. The molecule has 98 valence electrons. The molecule has 0 aromatic carbocycles. The van der Waals surface area contributed by atoms with Crippen LogP contribution in [0.15, 0.2) is 5.38 Å². The van der Waals surface area contributed by atoms with Crippen LogP contribution in [0.25, 0.3) is 0 Å². The minimum absolute atomic E-state index is 0.151. The van der Waals surface area contributed by atoms with Crippen LogP contribution in [0.5, 0.6) is 0 Å². The fourth-order valence-electron chi connectivity index (χ4n) is 1.92. The van der Waals surface area contributed by atoms with Crippen LogP contribution < -0.4 is 5.73 Å². The third-order valence-electron chi connectivity index (χ3n) is 3.78.